The lowest BCUT2D eigenvalue weighted by molar-refractivity contribution is -0.123. The first-order valence-corrected chi connectivity index (χ1v) is 12.8. The van der Waals surface area contributed by atoms with E-state index in [1.165, 1.54) is 30.3 Å². The summed E-state index contributed by atoms with van der Waals surface area (Å²) in [7, 11) is 0. The zero-order valence-electron chi connectivity index (χ0n) is 18.9. The number of benzene rings is 3. The van der Waals surface area contributed by atoms with Crippen LogP contribution < -0.4 is 9.47 Å². The first kappa shape index (κ1) is 26.2. The molecule has 0 aromatic heterocycles. The van der Waals surface area contributed by atoms with Gasteiger partial charge in [0.25, 0.3) is 11.1 Å². The largest absolute Gasteiger partial charge is 0.490 e. The van der Waals surface area contributed by atoms with Crippen LogP contribution in [0.4, 0.5) is 13.6 Å². The van der Waals surface area contributed by atoms with Crippen LogP contribution >= 0.6 is 39.3 Å². The molecule has 3 aromatic carbocycles. The Morgan fingerprint density at radius 3 is 2.53 bits per heavy atom. The number of nitrogens with zero attached hydrogens (tertiary/aromatic N) is 1. The molecule has 36 heavy (non-hydrogen) atoms. The Morgan fingerprint density at radius 1 is 1.08 bits per heavy atom. The molecule has 0 atom stereocenters. The van der Waals surface area contributed by atoms with Gasteiger partial charge in [-0.25, -0.2) is 8.78 Å². The summed E-state index contributed by atoms with van der Waals surface area (Å²) in [6.07, 6.45) is 1.56. The molecule has 2 amide bonds. The lowest BCUT2D eigenvalue weighted by Gasteiger charge is -2.15. The third-order valence-electron chi connectivity index (χ3n) is 5.18. The predicted octanol–water partition coefficient (Wildman–Crippen LogP) is 7.59. The standard InChI is InChI=1S/C26H19BrClF2NO4S/c1-2-34-22-11-16(10-19(27)24(22)35-14-15-6-8-17(29)9-7-15)12-23-25(32)31(26(33)36-23)13-18-20(28)4-3-5-21(18)30/h3-12H,2,13-14H2,1H3/b23-12-. The lowest BCUT2D eigenvalue weighted by Crippen LogP contribution is -2.28. The van der Waals surface area contributed by atoms with E-state index in [0.29, 0.717) is 28.1 Å². The van der Waals surface area contributed by atoms with Crippen molar-refractivity contribution in [2.24, 2.45) is 0 Å². The van der Waals surface area contributed by atoms with Crippen LogP contribution in [0.5, 0.6) is 11.5 Å². The van der Waals surface area contributed by atoms with Crippen LogP contribution in [0, 0.1) is 11.6 Å². The van der Waals surface area contributed by atoms with Crippen LogP contribution in [0.1, 0.15) is 23.6 Å². The van der Waals surface area contributed by atoms with Gasteiger partial charge in [-0.3, -0.25) is 14.5 Å². The molecule has 0 N–H and O–H groups in total. The van der Waals surface area contributed by atoms with E-state index in [0.717, 1.165) is 22.2 Å². The summed E-state index contributed by atoms with van der Waals surface area (Å²) in [5.41, 5.74) is 1.44. The number of carbonyl (C=O) groups excluding carboxylic acids is 2. The van der Waals surface area contributed by atoms with E-state index in [4.69, 9.17) is 21.1 Å². The molecule has 0 radical (unpaired) electrons. The van der Waals surface area contributed by atoms with Gasteiger partial charge in [0.2, 0.25) is 0 Å². The molecular formula is C26H19BrClF2NO4S. The second kappa shape index (κ2) is 11.5. The smallest absolute Gasteiger partial charge is 0.293 e. The van der Waals surface area contributed by atoms with Gasteiger partial charge in [0.05, 0.1) is 22.5 Å². The molecule has 3 aromatic rings. The highest BCUT2D eigenvalue weighted by molar-refractivity contribution is 9.10. The summed E-state index contributed by atoms with van der Waals surface area (Å²) in [6, 6.07) is 13.6. The molecule has 186 valence electrons. The second-order valence-electron chi connectivity index (χ2n) is 7.65. The number of amides is 2. The van der Waals surface area contributed by atoms with E-state index >= 15 is 0 Å². The van der Waals surface area contributed by atoms with Gasteiger partial charge in [-0.15, -0.1) is 0 Å². The quantitative estimate of drug-likeness (QED) is 0.252. The van der Waals surface area contributed by atoms with Crippen LogP contribution in [0.15, 0.2) is 64.0 Å². The third-order valence-corrected chi connectivity index (χ3v) is 7.03. The Bertz CT molecular complexity index is 1330. The maximum absolute atomic E-state index is 14.2. The van der Waals surface area contributed by atoms with Crippen LogP contribution in [0.25, 0.3) is 6.08 Å². The second-order valence-corrected chi connectivity index (χ2v) is 9.90. The van der Waals surface area contributed by atoms with Gasteiger partial charge in [0.1, 0.15) is 18.2 Å². The van der Waals surface area contributed by atoms with E-state index in [2.05, 4.69) is 15.9 Å². The zero-order chi connectivity index (χ0) is 25.8. The number of carbonyl (C=O) groups is 2. The molecule has 0 saturated carbocycles. The van der Waals surface area contributed by atoms with Crippen molar-refractivity contribution in [1.82, 2.24) is 4.90 Å². The molecule has 1 fully saturated rings. The molecule has 0 aliphatic carbocycles. The first-order chi connectivity index (χ1) is 17.3. The minimum Gasteiger partial charge on any atom is -0.490 e. The normalized spacial score (nSPS) is 14.6. The van der Waals surface area contributed by atoms with Crippen molar-refractivity contribution in [1.29, 1.82) is 0 Å². The van der Waals surface area contributed by atoms with Crippen molar-refractivity contribution in [3.8, 4) is 11.5 Å². The van der Waals surface area contributed by atoms with Crippen molar-refractivity contribution in [2.75, 3.05) is 6.61 Å². The molecular weight excluding hydrogens is 576 g/mol. The predicted molar refractivity (Wildman–Crippen MR) is 139 cm³/mol. The minimum atomic E-state index is -0.591. The Morgan fingerprint density at radius 2 is 1.83 bits per heavy atom. The topological polar surface area (TPSA) is 55.8 Å². The molecule has 10 heteroatoms. The van der Waals surface area contributed by atoms with Crippen LogP contribution in [-0.4, -0.2) is 22.7 Å². The zero-order valence-corrected chi connectivity index (χ0v) is 22.1. The molecule has 0 bridgehead atoms. The van der Waals surface area contributed by atoms with E-state index in [9.17, 15) is 18.4 Å². The molecule has 4 rings (SSSR count). The van der Waals surface area contributed by atoms with E-state index in [1.807, 2.05) is 6.92 Å². The fourth-order valence-corrected chi connectivity index (χ4v) is 5.07. The Hall–Kier alpha value is -2.88. The maximum atomic E-state index is 14.2. The Kier molecular flexibility index (Phi) is 8.33. The highest BCUT2D eigenvalue weighted by Gasteiger charge is 2.36. The van der Waals surface area contributed by atoms with Crippen LogP contribution in [0.3, 0.4) is 0 Å². The van der Waals surface area contributed by atoms with Gasteiger partial charge in [-0.1, -0.05) is 29.8 Å². The van der Waals surface area contributed by atoms with Gasteiger partial charge < -0.3 is 9.47 Å². The number of rotatable bonds is 8. The minimum absolute atomic E-state index is 0.0757. The van der Waals surface area contributed by atoms with Gasteiger partial charge in [-0.05, 0) is 88.2 Å². The SMILES string of the molecule is CCOc1cc(/C=C2\SC(=O)N(Cc3c(F)cccc3Cl)C2=O)cc(Br)c1OCc1ccc(F)cc1. The number of hydrogen-bond acceptors (Lipinski definition) is 5. The molecule has 0 unspecified atom stereocenters. The highest BCUT2D eigenvalue weighted by Crippen LogP contribution is 2.40. The molecule has 0 spiro atoms. The summed E-state index contributed by atoms with van der Waals surface area (Å²) in [4.78, 5) is 26.6. The fraction of sp³-hybridized carbons (Fsp3) is 0.154. The number of ether oxygens (including phenoxy) is 2. The van der Waals surface area contributed by atoms with Crippen LogP contribution in [-0.2, 0) is 17.9 Å². The first-order valence-electron chi connectivity index (χ1n) is 10.8. The Balaban J connectivity index is 1.56. The average Bonchev–Trinajstić information content (AvgIpc) is 3.09. The van der Waals surface area contributed by atoms with E-state index in [-0.39, 0.29) is 34.5 Å². The van der Waals surface area contributed by atoms with E-state index in [1.54, 1.807) is 30.3 Å². The monoisotopic (exact) mass is 593 g/mol. The molecule has 1 heterocycles. The maximum Gasteiger partial charge on any atom is 0.293 e. The molecule has 1 saturated heterocycles. The Labute approximate surface area is 224 Å². The molecule has 1 aliphatic rings. The molecule has 1 aliphatic heterocycles. The van der Waals surface area contributed by atoms with Crippen molar-refractivity contribution in [3.05, 3.63) is 97.3 Å². The summed E-state index contributed by atoms with van der Waals surface area (Å²) in [5.74, 6) is -0.596. The number of halogens is 4. The van der Waals surface area contributed by atoms with Crippen LogP contribution in [0.2, 0.25) is 5.02 Å². The summed E-state index contributed by atoms with van der Waals surface area (Å²) < 4.78 is 39.6. The van der Waals surface area contributed by atoms with Crippen molar-refractivity contribution < 1.29 is 27.8 Å². The van der Waals surface area contributed by atoms with Crippen molar-refractivity contribution in [3.63, 3.8) is 0 Å². The highest BCUT2D eigenvalue weighted by atomic mass is 79.9. The summed E-state index contributed by atoms with van der Waals surface area (Å²) in [6.45, 7) is 2.11. The average molecular weight is 595 g/mol. The van der Waals surface area contributed by atoms with Gasteiger partial charge in [0, 0.05) is 10.6 Å². The molecule has 5 nitrogen and oxygen atoms in total. The van der Waals surface area contributed by atoms with Gasteiger partial charge >= 0.3 is 0 Å². The van der Waals surface area contributed by atoms with Gasteiger partial charge in [0.15, 0.2) is 11.5 Å². The number of imide groups is 1. The number of hydrogen-bond donors (Lipinski definition) is 0. The van der Waals surface area contributed by atoms with Crippen molar-refractivity contribution in [2.45, 2.75) is 20.1 Å². The summed E-state index contributed by atoms with van der Waals surface area (Å²) in [5, 5.41) is -0.381. The lowest BCUT2D eigenvalue weighted by atomic mass is 10.1. The summed E-state index contributed by atoms with van der Waals surface area (Å²) >= 11 is 10.3. The van der Waals surface area contributed by atoms with Gasteiger partial charge in [-0.2, -0.15) is 0 Å². The van der Waals surface area contributed by atoms with Crippen molar-refractivity contribution >= 4 is 56.5 Å². The number of thioether (sulfide) groups is 1. The fourth-order valence-electron chi connectivity index (χ4n) is 3.44. The van der Waals surface area contributed by atoms with E-state index < -0.39 is 17.0 Å². The third kappa shape index (κ3) is 5.91.